The number of hydrogen-bond donors (Lipinski definition) is 3. The van der Waals surface area contributed by atoms with E-state index in [1.54, 1.807) is 32.2 Å². The average Bonchev–Trinajstić information content (AvgIpc) is 2.43. The standard InChI is InChI=1S/C13H19N3O3/c1-3-13(2,11(17)18)9-16-12(19)15-8-10-6-4-5-7-14-10/h4-7H,3,8-9H2,1-2H3,(H,17,18)(H2,15,16,19). The number of nitrogens with one attached hydrogen (secondary N) is 2. The lowest BCUT2D eigenvalue weighted by atomic mass is 9.88. The lowest BCUT2D eigenvalue weighted by Gasteiger charge is -2.23. The molecular weight excluding hydrogens is 246 g/mol. The monoisotopic (exact) mass is 265 g/mol. The molecule has 1 rings (SSSR count). The number of aliphatic carboxylic acids is 1. The van der Waals surface area contributed by atoms with Crippen molar-refractivity contribution in [1.29, 1.82) is 0 Å². The molecule has 0 aliphatic carbocycles. The van der Waals surface area contributed by atoms with Crippen LogP contribution < -0.4 is 10.6 Å². The molecule has 0 saturated carbocycles. The highest BCUT2D eigenvalue weighted by Crippen LogP contribution is 2.19. The van der Waals surface area contributed by atoms with Gasteiger partial charge in [-0.3, -0.25) is 9.78 Å². The number of carboxylic acids is 1. The summed E-state index contributed by atoms with van der Waals surface area (Å²) in [6.45, 7) is 3.78. The molecule has 0 aliphatic heterocycles. The second kappa shape index (κ2) is 6.72. The normalized spacial score (nSPS) is 13.4. The number of carbonyl (C=O) groups is 2. The fourth-order valence-electron chi connectivity index (χ4n) is 1.36. The lowest BCUT2D eigenvalue weighted by Crippen LogP contribution is -2.44. The third-order valence-corrected chi connectivity index (χ3v) is 3.09. The van der Waals surface area contributed by atoms with Gasteiger partial charge in [0.2, 0.25) is 0 Å². The molecule has 1 unspecified atom stereocenters. The van der Waals surface area contributed by atoms with Crippen LogP contribution in [0, 0.1) is 5.41 Å². The zero-order valence-corrected chi connectivity index (χ0v) is 11.1. The van der Waals surface area contributed by atoms with Crippen molar-refractivity contribution in [3.8, 4) is 0 Å². The number of amides is 2. The molecule has 104 valence electrons. The third-order valence-electron chi connectivity index (χ3n) is 3.09. The molecule has 3 N–H and O–H groups in total. The van der Waals surface area contributed by atoms with Gasteiger partial charge in [0.15, 0.2) is 0 Å². The number of hydrogen-bond acceptors (Lipinski definition) is 3. The van der Waals surface area contributed by atoms with Gasteiger partial charge in [-0.2, -0.15) is 0 Å². The summed E-state index contributed by atoms with van der Waals surface area (Å²) >= 11 is 0. The van der Waals surface area contributed by atoms with Crippen molar-refractivity contribution >= 4 is 12.0 Å². The van der Waals surface area contributed by atoms with Crippen LogP contribution in [-0.4, -0.2) is 28.6 Å². The molecular formula is C13H19N3O3. The summed E-state index contributed by atoms with van der Waals surface area (Å²) in [5, 5.41) is 14.3. The first-order chi connectivity index (χ1) is 8.98. The summed E-state index contributed by atoms with van der Waals surface area (Å²) in [4.78, 5) is 26.7. The molecule has 1 aromatic heterocycles. The van der Waals surface area contributed by atoms with E-state index in [1.165, 1.54) is 0 Å². The Bertz CT molecular complexity index is 436. The topological polar surface area (TPSA) is 91.3 Å². The number of pyridine rings is 1. The van der Waals surface area contributed by atoms with Crippen molar-refractivity contribution in [3.63, 3.8) is 0 Å². The molecule has 0 spiro atoms. The van der Waals surface area contributed by atoms with Crippen LogP contribution in [0.5, 0.6) is 0 Å². The zero-order chi connectivity index (χ0) is 14.3. The van der Waals surface area contributed by atoms with E-state index in [0.717, 1.165) is 5.69 Å². The minimum absolute atomic E-state index is 0.0902. The maximum Gasteiger partial charge on any atom is 0.315 e. The fourth-order valence-corrected chi connectivity index (χ4v) is 1.36. The van der Waals surface area contributed by atoms with Crippen molar-refractivity contribution in [3.05, 3.63) is 30.1 Å². The van der Waals surface area contributed by atoms with Crippen LogP contribution in [0.25, 0.3) is 0 Å². The van der Waals surface area contributed by atoms with Crippen LogP contribution in [0.4, 0.5) is 4.79 Å². The Hall–Kier alpha value is -2.11. The molecule has 1 atom stereocenters. The highest BCUT2D eigenvalue weighted by molar-refractivity contribution is 5.77. The predicted molar refractivity (Wildman–Crippen MR) is 70.5 cm³/mol. The van der Waals surface area contributed by atoms with Crippen LogP contribution in [-0.2, 0) is 11.3 Å². The molecule has 6 nitrogen and oxygen atoms in total. The number of rotatable bonds is 6. The third kappa shape index (κ3) is 4.57. The summed E-state index contributed by atoms with van der Waals surface area (Å²) in [5.74, 6) is -0.917. The Kier molecular flexibility index (Phi) is 5.29. The molecule has 0 radical (unpaired) electrons. The SMILES string of the molecule is CCC(C)(CNC(=O)NCc1ccccn1)C(=O)O. The molecule has 1 aromatic rings. The van der Waals surface area contributed by atoms with Gasteiger partial charge in [-0.15, -0.1) is 0 Å². The highest BCUT2D eigenvalue weighted by Gasteiger charge is 2.31. The van der Waals surface area contributed by atoms with Gasteiger partial charge >= 0.3 is 12.0 Å². The summed E-state index contributed by atoms with van der Waals surface area (Å²) in [6.07, 6.45) is 2.09. The second-order valence-corrected chi connectivity index (χ2v) is 4.58. The number of carboxylic acid groups (broad SMARTS) is 1. The quantitative estimate of drug-likeness (QED) is 0.724. The number of nitrogens with zero attached hydrogens (tertiary/aromatic N) is 1. The molecule has 0 fully saturated rings. The first kappa shape index (κ1) is 14.9. The van der Waals surface area contributed by atoms with Crippen LogP contribution in [0.15, 0.2) is 24.4 Å². The van der Waals surface area contributed by atoms with Crippen LogP contribution >= 0.6 is 0 Å². The molecule has 2 amide bonds. The van der Waals surface area contributed by atoms with Crippen LogP contribution in [0.1, 0.15) is 26.0 Å². The van der Waals surface area contributed by atoms with Crippen LogP contribution in [0.3, 0.4) is 0 Å². The van der Waals surface area contributed by atoms with Crippen molar-refractivity contribution in [2.24, 2.45) is 5.41 Å². The molecule has 1 heterocycles. The van der Waals surface area contributed by atoms with E-state index in [0.29, 0.717) is 13.0 Å². The summed E-state index contributed by atoms with van der Waals surface area (Å²) in [7, 11) is 0. The number of carbonyl (C=O) groups excluding carboxylic acids is 1. The maximum absolute atomic E-state index is 11.6. The minimum Gasteiger partial charge on any atom is -0.481 e. The predicted octanol–water partition coefficient (Wildman–Crippen LogP) is 1.38. The van der Waals surface area contributed by atoms with E-state index in [9.17, 15) is 9.59 Å². The van der Waals surface area contributed by atoms with Gasteiger partial charge in [0, 0.05) is 12.7 Å². The fraction of sp³-hybridized carbons (Fsp3) is 0.462. The summed E-state index contributed by atoms with van der Waals surface area (Å²) in [6, 6.07) is 5.03. The van der Waals surface area contributed by atoms with Crippen LogP contribution in [0.2, 0.25) is 0 Å². The molecule has 6 heteroatoms. The van der Waals surface area contributed by atoms with Crippen molar-refractivity contribution in [2.45, 2.75) is 26.8 Å². The van der Waals surface area contributed by atoms with Gasteiger partial charge in [-0.25, -0.2) is 4.79 Å². The summed E-state index contributed by atoms with van der Waals surface area (Å²) in [5.41, 5.74) is -0.198. The van der Waals surface area contributed by atoms with Gasteiger partial charge in [-0.05, 0) is 25.5 Å². The Morgan fingerprint density at radius 1 is 1.37 bits per heavy atom. The van der Waals surface area contributed by atoms with E-state index in [1.807, 2.05) is 6.07 Å². The molecule has 0 aliphatic rings. The smallest absolute Gasteiger partial charge is 0.315 e. The average molecular weight is 265 g/mol. The molecule has 19 heavy (non-hydrogen) atoms. The van der Waals surface area contributed by atoms with E-state index < -0.39 is 17.4 Å². The molecule has 0 aromatic carbocycles. The van der Waals surface area contributed by atoms with Crippen molar-refractivity contribution < 1.29 is 14.7 Å². The molecule has 0 bridgehead atoms. The van der Waals surface area contributed by atoms with Gasteiger partial charge in [-0.1, -0.05) is 13.0 Å². The van der Waals surface area contributed by atoms with E-state index in [2.05, 4.69) is 15.6 Å². The second-order valence-electron chi connectivity index (χ2n) is 4.58. The van der Waals surface area contributed by atoms with Gasteiger partial charge in [0.05, 0.1) is 17.7 Å². The van der Waals surface area contributed by atoms with Gasteiger partial charge in [0.25, 0.3) is 0 Å². The zero-order valence-electron chi connectivity index (χ0n) is 11.1. The Morgan fingerprint density at radius 2 is 2.11 bits per heavy atom. The first-order valence-electron chi connectivity index (χ1n) is 6.13. The van der Waals surface area contributed by atoms with Gasteiger partial charge in [0.1, 0.15) is 0 Å². The van der Waals surface area contributed by atoms with Crippen molar-refractivity contribution in [1.82, 2.24) is 15.6 Å². The first-order valence-corrected chi connectivity index (χ1v) is 6.13. The molecule has 0 saturated heterocycles. The lowest BCUT2D eigenvalue weighted by molar-refractivity contribution is -0.147. The Morgan fingerprint density at radius 3 is 2.63 bits per heavy atom. The highest BCUT2D eigenvalue weighted by atomic mass is 16.4. The van der Waals surface area contributed by atoms with E-state index in [-0.39, 0.29) is 6.54 Å². The van der Waals surface area contributed by atoms with Gasteiger partial charge < -0.3 is 15.7 Å². The maximum atomic E-state index is 11.6. The number of urea groups is 1. The number of aromatic nitrogens is 1. The Labute approximate surface area is 112 Å². The van der Waals surface area contributed by atoms with E-state index >= 15 is 0 Å². The summed E-state index contributed by atoms with van der Waals surface area (Å²) < 4.78 is 0. The largest absolute Gasteiger partial charge is 0.481 e. The van der Waals surface area contributed by atoms with E-state index in [4.69, 9.17) is 5.11 Å². The Balaban J connectivity index is 2.38. The van der Waals surface area contributed by atoms with Crippen molar-refractivity contribution in [2.75, 3.05) is 6.54 Å². The minimum atomic E-state index is -0.942.